The molecule has 0 aliphatic heterocycles. The third kappa shape index (κ3) is 3.49. The number of nitrogens with zero attached hydrogens (tertiary/aromatic N) is 1. The van der Waals surface area contributed by atoms with E-state index in [0.29, 0.717) is 21.5 Å². The minimum absolute atomic E-state index is 0.000303. The SMILES string of the molecule is O=C(Nc1cccc(-c2ccc3c(C(=O)O)n[nH]c3c2)c1)c1ccc(Br)s1. The number of aromatic carboxylic acids is 1. The minimum atomic E-state index is -1.07. The van der Waals surface area contributed by atoms with Crippen molar-refractivity contribution in [1.82, 2.24) is 10.2 Å². The molecule has 0 spiro atoms. The van der Waals surface area contributed by atoms with Crippen molar-refractivity contribution in [3.05, 3.63) is 69.0 Å². The first-order chi connectivity index (χ1) is 13.0. The molecule has 8 heteroatoms. The first-order valence-electron chi connectivity index (χ1n) is 7.90. The molecule has 3 N–H and O–H groups in total. The summed E-state index contributed by atoms with van der Waals surface area (Å²) in [5.41, 5.74) is 3.10. The van der Waals surface area contributed by atoms with E-state index in [2.05, 4.69) is 31.4 Å². The highest BCUT2D eigenvalue weighted by atomic mass is 79.9. The number of H-pyrrole nitrogens is 1. The fourth-order valence-electron chi connectivity index (χ4n) is 2.77. The molecule has 0 saturated heterocycles. The first-order valence-corrected chi connectivity index (χ1v) is 9.51. The molecule has 2 heterocycles. The van der Waals surface area contributed by atoms with Crippen LogP contribution in [-0.2, 0) is 0 Å². The summed E-state index contributed by atoms with van der Waals surface area (Å²) in [4.78, 5) is 24.1. The number of carboxylic acids is 1. The zero-order valence-electron chi connectivity index (χ0n) is 13.7. The Kier molecular flexibility index (Phi) is 4.51. The number of rotatable bonds is 4. The maximum absolute atomic E-state index is 12.3. The van der Waals surface area contributed by atoms with Gasteiger partial charge in [-0.25, -0.2) is 4.79 Å². The van der Waals surface area contributed by atoms with Crippen LogP contribution in [0.2, 0.25) is 0 Å². The van der Waals surface area contributed by atoms with E-state index < -0.39 is 5.97 Å². The molecule has 27 heavy (non-hydrogen) atoms. The Morgan fingerprint density at radius 3 is 2.63 bits per heavy atom. The lowest BCUT2D eigenvalue weighted by Gasteiger charge is -2.07. The predicted molar refractivity (Wildman–Crippen MR) is 108 cm³/mol. The Morgan fingerprint density at radius 1 is 1.07 bits per heavy atom. The van der Waals surface area contributed by atoms with Gasteiger partial charge in [0, 0.05) is 11.1 Å². The number of hydrogen-bond acceptors (Lipinski definition) is 4. The predicted octanol–water partition coefficient (Wildman–Crippen LogP) is 5.00. The van der Waals surface area contributed by atoms with Crippen LogP contribution in [-0.4, -0.2) is 27.2 Å². The molecule has 0 atom stereocenters. The summed E-state index contributed by atoms with van der Waals surface area (Å²) in [5, 5.41) is 19.2. The summed E-state index contributed by atoms with van der Waals surface area (Å²) in [6.07, 6.45) is 0. The molecule has 0 aliphatic carbocycles. The molecule has 2 aromatic carbocycles. The maximum Gasteiger partial charge on any atom is 0.357 e. The number of aromatic nitrogens is 2. The largest absolute Gasteiger partial charge is 0.476 e. The topological polar surface area (TPSA) is 95.1 Å². The van der Waals surface area contributed by atoms with Crippen LogP contribution in [0.1, 0.15) is 20.2 Å². The number of benzene rings is 2. The van der Waals surface area contributed by atoms with Crippen LogP contribution < -0.4 is 5.32 Å². The fourth-order valence-corrected chi connectivity index (χ4v) is 4.05. The molecule has 2 aromatic heterocycles. The van der Waals surface area contributed by atoms with Crippen LogP contribution in [0.3, 0.4) is 0 Å². The van der Waals surface area contributed by atoms with Gasteiger partial charge in [-0.2, -0.15) is 5.10 Å². The number of aromatic amines is 1. The summed E-state index contributed by atoms with van der Waals surface area (Å²) in [7, 11) is 0. The van der Waals surface area contributed by atoms with Gasteiger partial charge in [-0.05, 0) is 63.5 Å². The Labute approximate surface area is 166 Å². The molecule has 0 fully saturated rings. The van der Waals surface area contributed by atoms with E-state index in [1.807, 2.05) is 42.5 Å². The van der Waals surface area contributed by atoms with Crippen molar-refractivity contribution >= 4 is 55.7 Å². The molecule has 0 bridgehead atoms. The van der Waals surface area contributed by atoms with Crippen molar-refractivity contribution in [3.8, 4) is 11.1 Å². The van der Waals surface area contributed by atoms with E-state index in [0.717, 1.165) is 14.9 Å². The van der Waals surface area contributed by atoms with Crippen LogP contribution in [0, 0.1) is 0 Å². The van der Waals surface area contributed by atoms with E-state index in [9.17, 15) is 9.59 Å². The average molecular weight is 442 g/mol. The van der Waals surface area contributed by atoms with Gasteiger partial charge < -0.3 is 10.4 Å². The highest BCUT2D eigenvalue weighted by molar-refractivity contribution is 9.11. The number of amides is 1. The lowest BCUT2D eigenvalue weighted by molar-refractivity contribution is 0.0692. The van der Waals surface area contributed by atoms with E-state index in [4.69, 9.17) is 5.11 Å². The number of anilines is 1. The molecule has 0 aliphatic rings. The van der Waals surface area contributed by atoms with Gasteiger partial charge in [0.1, 0.15) is 0 Å². The number of fused-ring (bicyclic) bond motifs is 1. The van der Waals surface area contributed by atoms with E-state index in [1.165, 1.54) is 11.3 Å². The zero-order chi connectivity index (χ0) is 19.0. The van der Waals surface area contributed by atoms with Gasteiger partial charge in [0.2, 0.25) is 0 Å². The van der Waals surface area contributed by atoms with Gasteiger partial charge in [-0.1, -0.05) is 18.2 Å². The van der Waals surface area contributed by atoms with Crippen molar-refractivity contribution < 1.29 is 14.7 Å². The first kappa shape index (κ1) is 17.4. The second kappa shape index (κ2) is 6.98. The van der Waals surface area contributed by atoms with Gasteiger partial charge >= 0.3 is 5.97 Å². The summed E-state index contributed by atoms with van der Waals surface area (Å²) in [6.45, 7) is 0. The van der Waals surface area contributed by atoms with Gasteiger partial charge in [-0.3, -0.25) is 9.89 Å². The van der Waals surface area contributed by atoms with Gasteiger partial charge in [-0.15, -0.1) is 11.3 Å². The lowest BCUT2D eigenvalue weighted by Crippen LogP contribution is -2.09. The Balaban J connectivity index is 1.63. The fraction of sp³-hybridized carbons (Fsp3) is 0. The van der Waals surface area contributed by atoms with Crippen LogP contribution in [0.25, 0.3) is 22.0 Å². The molecule has 0 unspecified atom stereocenters. The lowest BCUT2D eigenvalue weighted by atomic mass is 10.0. The molecule has 6 nitrogen and oxygen atoms in total. The maximum atomic E-state index is 12.3. The highest BCUT2D eigenvalue weighted by Gasteiger charge is 2.13. The van der Waals surface area contributed by atoms with Crippen molar-refractivity contribution in [2.75, 3.05) is 5.32 Å². The Morgan fingerprint density at radius 2 is 1.89 bits per heavy atom. The normalized spacial score (nSPS) is 10.9. The van der Waals surface area contributed by atoms with E-state index in [-0.39, 0.29) is 11.6 Å². The van der Waals surface area contributed by atoms with Gasteiger partial charge in [0.05, 0.1) is 14.2 Å². The van der Waals surface area contributed by atoms with Gasteiger partial charge in [0.25, 0.3) is 5.91 Å². The van der Waals surface area contributed by atoms with Crippen LogP contribution >= 0.6 is 27.3 Å². The third-order valence-electron chi connectivity index (χ3n) is 4.02. The molecule has 4 aromatic rings. The molecular weight excluding hydrogens is 430 g/mol. The monoisotopic (exact) mass is 441 g/mol. The number of carbonyl (C=O) groups excluding carboxylic acids is 1. The van der Waals surface area contributed by atoms with Crippen LogP contribution in [0.4, 0.5) is 5.69 Å². The van der Waals surface area contributed by atoms with Crippen molar-refractivity contribution in [2.45, 2.75) is 0 Å². The van der Waals surface area contributed by atoms with E-state index in [1.54, 1.807) is 12.1 Å². The van der Waals surface area contributed by atoms with Crippen molar-refractivity contribution in [2.24, 2.45) is 0 Å². The quantitative estimate of drug-likeness (QED) is 0.414. The second-order valence-corrected chi connectivity index (χ2v) is 8.24. The number of carboxylic acid groups (broad SMARTS) is 1. The molecule has 1 amide bonds. The Bertz CT molecular complexity index is 1180. The number of halogens is 1. The summed E-state index contributed by atoms with van der Waals surface area (Å²) >= 11 is 4.72. The Hall–Kier alpha value is -2.97. The van der Waals surface area contributed by atoms with Crippen molar-refractivity contribution in [1.29, 1.82) is 0 Å². The standard InChI is InChI=1S/C19H12BrN3O3S/c20-16-7-6-15(27-16)18(24)21-12-3-1-2-10(8-12)11-4-5-13-14(9-11)22-23-17(13)19(25)26/h1-9H,(H,21,24)(H,22,23)(H,25,26). The molecule has 4 rings (SSSR count). The van der Waals surface area contributed by atoms with Gasteiger partial charge in [0.15, 0.2) is 5.69 Å². The smallest absolute Gasteiger partial charge is 0.357 e. The minimum Gasteiger partial charge on any atom is -0.476 e. The third-order valence-corrected chi connectivity index (χ3v) is 5.64. The number of hydrogen-bond donors (Lipinski definition) is 3. The summed E-state index contributed by atoms with van der Waals surface area (Å²) in [5.74, 6) is -1.24. The number of thiophene rings is 1. The van der Waals surface area contributed by atoms with Crippen molar-refractivity contribution in [3.63, 3.8) is 0 Å². The average Bonchev–Trinajstić information content (AvgIpc) is 3.27. The van der Waals surface area contributed by atoms with Crippen LogP contribution in [0.15, 0.2) is 58.4 Å². The summed E-state index contributed by atoms with van der Waals surface area (Å²) in [6, 6.07) is 16.5. The van der Waals surface area contributed by atoms with E-state index >= 15 is 0 Å². The molecule has 0 radical (unpaired) electrons. The van der Waals surface area contributed by atoms with Crippen LogP contribution in [0.5, 0.6) is 0 Å². The molecule has 134 valence electrons. The highest BCUT2D eigenvalue weighted by Crippen LogP contribution is 2.28. The second-order valence-electron chi connectivity index (χ2n) is 5.78. The number of nitrogens with one attached hydrogen (secondary N) is 2. The molecular formula is C19H12BrN3O3S. The zero-order valence-corrected chi connectivity index (χ0v) is 16.1. The number of carbonyl (C=O) groups is 2. The summed E-state index contributed by atoms with van der Waals surface area (Å²) < 4.78 is 0.898. The molecule has 0 saturated carbocycles.